The molecule has 2 aromatic heterocycles. The number of ether oxygens (including phenoxy) is 2. The fraction of sp³-hybridized carbons (Fsp3) is 0.441. The number of hydrogen-bond acceptors (Lipinski definition) is 9. The summed E-state index contributed by atoms with van der Waals surface area (Å²) in [7, 11) is 0. The molecule has 0 radical (unpaired) electrons. The monoisotopic (exact) mass is 594 g/mol. The van der Waals surface area contributed by atoms with Crippen LogP contribution in [-0.2, 0) is 4.74 Å². The van der Waals surface area contributed by atoms with Gasteiger partial charge < -0.3 is 24.8 Å². The topological polar surface area (TPSA) is 95.9 Å². The average molecular weight is 595 g/mol. The second kappa shape index (κ2) is 10.8. The summed E-state index contributed by atoms with van der Waals surface area (Å²) in [5.41, 5.74) is 1.28. The number of anilines is 1. The summed E-state index contributed by atoms with van der Waals surface area (Å²) in [6.07, 6.45) is 11.8. The Labute approximate surface area is 255 Å². The van der Waals surface area contributed by atoms with Crippen molar-refractivity contribution in [1.82, 2.24) is 25.2 Å². The number of pyridine rings is 1. The number of hydrogen-bond donors (Lipinski definition) is 2. The Morgan fingerprint density at radius 1 is 1.14 bits per heavy atom. The van der Waals surface area contributed by atoms with Crippen LogP contribution in [0.5, 0.6) is 11.8 Å². The molecule has 9 nitrogen and oxygen atoms in total. The maximum atomic E-state index is 16.7. The second-order valence-electron chi connectivity index (χ2n) is 12.8. The van der Waals surface area contributed by atoms with Crippen molar-refractivity contribution in [2.75, 3.05) is 57.4 Å². The van der Waals surface area contributed by atoms with Gasteiger partial charge in [0.1, 0.15) is 22.8 Å². The third-order valence-electron chi connectivity index (χ3n) is 9.66. The van der Waals surface area contributed by atoms with Crippen LogP contribution in [0.4, 0.5) is 10.2 Å². The second-order valence-corrected chi connectivity index (χ2v) is 12.8. The van der Waals surface area contributed by atoms with E-state index < -0.39 is 5.82 Å². The molecule has 8 rings (SSSR count). The van der Waals surface area contributed by atoms with E-state index in [-0.39, 0.29) is 28.4 Å². The number of phenols is 1. The fourth-order valence-electron chi connectivity index (χ4n) is 7.18. The van der Waals surface area contributed by atoms with Gasteiger partial charge in [-0.1, -0.05) is 18.1 Å². The van der Waals surface area contributed by atoms with Gasteiger partial charge in [0.25, 0.3) is 0 Å². The molecule has 0 unspecified atom stereocenters. The number of fused-ring (bicyclic) bond motifs is 4. The molecule has 4 fully saturated rings. The van der Waals surface area contributed by atoms with E-state index in [1.165, 1.54) is 6.07 Å². The van der Waals surface area contributed by atoms with Crippen LogP contribution in [0.2, 0.25) is 0 Å². The molecular formula is C34H35FN6O3. The van der Waals surface area contributed by atoms with Gasteiger partial charge in [-0.3, -0.25) is 9.88 Å². The first kappa shape index (κ1) is 27.5. The van der Waals surface area contributed by atoms with Gasteiger partial charge in [0.05, 0.1) is 25.2 Å². The highest BCUT2D eigenvalue weighted by Crippen LogP contribution is 2.47. The van der Waals surface area contributed by atoms with Crippen molar-refractivity contribution in [3.05, 3.63) is 47.9 Å². The number of benzene rings is 2. The van der Waals surface area contributed by atoms with E-state index in [4.69, 9.17) is 20.9 Å². The molecule has 226 valence electrons. The number of halogens is 1. The quantitative estimate of drug-likeness (QED) is 0.307. The molecule has 3 saturated heterocycles. The molecule has 5 heterocycles. The zero-order valence-electron chi connectivity index (χ0n) is 24.6. The van der Waals surface area contributed by atoms with Crippen LogP contribution in [0.1, 0.15) is 31.2 Å². The summed E-state index contributed by atoms with van der Waals surface area (Å²) in [6, 6.07) is 9.50. The van der Waals surface area contributed by atoms with E-state index in [0.717, 1.165) is 71.6 Å². The predicted molar refractivity (Wildman–Crippen MR) is 166 cm³/mol. The zero-order valence-corrected chi connectivity index (χ0v) is 24.6. The lowest BCUT2D eigenvalue weighted by molar-refractivity contribution is 0.0231. The highest BCUT2D eigenvalue weighted by atomic mass is 19.1. The Balaban J connectivity index is 1.21. The lowest BCUT2D eigenvalue weighted by Gasteiger charge is -2.34. The summed E-state index contributed by atoms with van der Waals surface area (Å²) in [5, 5.41) is 16.1. The Bertz CT molecular complexity index is 1790. The van der Waals surface area contributed by atoms with Gasteiger partial charge in [-0.2, -0.15) is 9.97 Å². The first-order chi connectivity index (χ1) is 21.5. The number of morpholine rings is 1. The summed E-state index contributed by atoms with van der Waals surface area (Å²) in [5.74, 6) is 2.75. The highest BCUT2D eigenvalue weighted by Gasteiger charge is 2.45. The van der Waals surface area contributed by atoms with E-state index >= 15 is 4.39 Å². The van der Waals surface area contributed by atoms with Crippen molar-refractivity contribution in [3.63, 3.8) is 0 Å². The molecule has 0 spiro atoms. The molecule has 10 heteroatoms. The number of aromatic hydroxyl groups is 1. The van der Waals surface area contributed by atoms with Gasteiger partial charge in [-0.05, 0) is 49.3 Å². The van der Waals surface area contributed by atoms with Gasteiger partial charge >= 0.3 is 6.01 Å². The zero-order chi connectivity index (χ0) is 29.8. The maximum absolute atomic E-state index is 16.7. The van der Waals surface area contributed by atoms with Crippen LogP contribution >= 0.6 is 0 Å². The van der Waals surface area contributed by atoms with Crippen LogP contribution in [0.3, 0.4) is 0 Å². The third kappa shape index (κ3) is 4.99. The van der Waals surface area contributed by atoms with Gasteiger partial charge in [0.15, 0.2) is 5.82 Å². The first-order valence-electron chi connectivity index (χ1n) is 15.5. The number of phenolic OH excluding ortho intramolecular Hbond substituents is 1. The van der Waals surface area contributed by atoms with Crippen LogP contribution in [-0.4, -0.2) is 89.6 Å². The Hall–Kier alpha value is -4.04. The van der Waals surface area contributed by atoms with Gasteiger partial charge in [0, 0.05) is 72.9 Å². The number of piperazine rings is 1. The SMILES string of the molecule is C#Cc1cccc2cc(O)cc(-c3ncc4c(N5C[C@H]6CC[C@@H](C5)N6)nc(OCC5(CN6CCOCC6)CC5)nc4c3F)c12. The minimum Gasteiger partial charge on any atom is -0.508 e. The van der Waals surface area contributed by atoms with E-state index in [1.807, 2.05) is 12.1 Å². The molecule has 2 N–H and O–H groups in total. The Morgan fingerprint density at radius 3 is 2.68 bits per heavy atom. The first-order valence-corrected chi connectivity index (χ1v) is 15.5. The van der Waals surface area contributed by atoms with Crippen molar-refractivity contribution in [3.8, 4) is 35.4 Å². The summed E-state index contributed by atoms with van der Waals surface area (Å²) < 4.78 is 28.6. The minimum absolute atomic E-state index is 0.00154. The molecule has 2 bridgehead atoms. The summed E-state index contributed by atoms with van der Waals surface area (Å²) in [4.78, 5) is 18.8. The molecule has 0 amide bonds. The fourth-order valence-corrected chi connectivity index (χ4v) is 7.18. The van der Waals surface area contributed by atoms with Crippen molar-refractivity contribution in [2.24, 2.45) is 5.41 Å². The largest absolute Gasteiger partial charge is 0.508 e. The molecule has 2 atom stereocenters. The molecule has 3 aliphatic heterocycles. The Kier molecular flexibility index (Phi) is 6.78. The van der Waals surface area contributed by atoms with Crippen LogP contribution < -0.4 is 15.0 Å². The van der Waals surface area contributed by atoms with E-state index in [9.17, 15) is 5.11 Å². The smallest absolute Gasteiger partial charge is 0.319 e. The normalized spacial score (nSPS) is 22.8. The van der Waals surface area contributed by atoms with Crippen molar-refractivity contribution in [1.29, 1.82) is 0 Å². The van der Waals surface area contributed by atoms with Crippen LogP contribution in [0.15, 0.2) is 36.5 Å². The van der Waals surface area contributed by atoms with Crippen molar-refractivity contribution in [2.45, 2.75) is 37.8 Å². The average Bonchev–Trinajstić information content (AvgIpc) is 3.73. The standard InChI is InChI=1S/C34H35FN6O3/c1-2-21-4-3-5-22-14-25(42)15-26(28(21)22)30-29(35)31-27(16-36-30)32(41-17-23-6-7-24(18-41)37-23)39-33(38-31)44-20-34(8-9-34)19-40-10-12-43-13-11-40/h1,3-5,14-16,23-24,37,42H,6-13,17-20H2/t23-,24+. The Morgan fingerprint density at radius 2 is 1.93 bits per heavy atom. The number of terminal acetylenes is 1. The summed E-state index contributed by atoms with van der Waals surface area (Å²) in [6.45, 7) is 6.34. The molecule has 1 saturated carbocycles. The van der Waals surface area contributed by atoms with Gasteiger partial charge in [0.2, 0.25) is 0 Å². The predicted octanol–water partition coefficient (Wildman–Crippen LogP) is 4.10. The van der Waals surface area contributed by atoms with Crippen LogP contribution in [0.25, 0.3) is 32.9 Å². The number of nitrogens with one attached hydrogen (secondary N) is 1. The van der Waals surface area contributed by atoms with Crippen molar-refractivity contribution >= 4 is 27.5 Å². The lowest BCUT2D eigenvalue weighted by Crippen LogP contribution is -2.51. The molecule has 4 aromatic rings. The third-order valence-corrected chi connectivity index (χ3v) is 9.66. The van der Waals surface area contributed by atoms with Crippen molar-refractivity contribution < 1.29 is 19.0 Å². The van der Waals surface area contributed by atoms with E-state index in [0.29, 0.717) is 51.8 Å². The van der Waals surface area contributed by atoms with Crippen LogP contribution in [0, 0.1) is 23.6 Å². The number of rotatable bonds is 7. The molecule has 4 aliphatic rings. The number of aromatic nitrogens is 3. The highest BCUT2D eigenvalue weighted by molar-refractivity contribution is 6.02. The minimum atomic E-state index is -0.595. The lowest BCUT2D eigenvalue weighted by atomic mass is 9.96. The molecule has 2 aromatic carbocycles. The van der Waals surface area contributed by atoms with Gasteiger partial charge in [-0.25, -0.2) is 4.39 Å². The summed E-state index contributed by atoms with van der Waals surface area (Å²) >= 11 is 0. The van der Waals surface area contributed by atoms with E-state index in [2.05, 4.69) is 31.0 Å². The molecule has 44 heavy (non-hydrogen) atoms. The van der Waals surface area contributed by atoms with E-state index in [1.54, 1.807) is 18.3 Å². The molecular weight excluding hydrogens is 559 g/mol. The maximum Gasteiger partial charge on any atom is 0.319 e. The molecule has 1 aliphatic carbocycles. The van der Waals surface area contributed by atoms with Gasteiger partial charge in [-0.15, -0.1) is 6.42 Å². The number of nitrogens with zero attached hydrogens (tertiary/aromatic N) is 5.